The summed E-state index contributed by atoms with van der Waals surface area (Å²) in [6.07, 6.45) is 11.7. The Bertz CT molecular complexity index is 1250. The van der Waals surface area contributed by atoms with Crippen LogP contribution in [-0.4, -0.2) is 42.3 Å². The summed E-state index contributed by atoms with van der Waals surface area (Å²) in [6.45, 7) is 0. The zero-order chi connectivity index (χ0) is 21.4. The van der Waals surface area contributed by atoms with Crippen LogP contribution in [-0.2, 0) is 13.5 Å². The molecule has 1 aliphatic rings. The number of carbonyl (C=O) groups is 1. The van der Waals surface area contributed by atoms with Crippen LogP contribution in [0.2, 0.25) is 0 Å². The third-order valence-corrected chi connectivity index (χ3v) is 5.70. The van der Waals surface area contributed by atoms with Crippen LogP contribution in [0.25, 0.3) is 16.9 Å². The van der Waals surface area contributed by atoms with Gasteiger partial charge in [-0.05, 0) is 30.0 Å². The van der Waals surface area contributed by atoms with Crippen molar-refractivity contribution in [2.24, 2.45) is 13.0 Å². The van der Waals surface area contributed by atoms with Crippen molar-refractivity contribution in [1.29, 1.82) is 0 Å². The number of carbonyl (C=O) groups excluding carboxylic acids is 1. The molecule has 5 rings (SSSR count). The van der Waals surface area contributed by atoms with Crippen molar-refractivity contribution < 1.29 is 9.53 Å². The summed E-state index contributed by atoms with van der Waals surface area (Å²) < 4.78 is 9.05. The van der Waals surface area contributed by atoms with E-state index in [1.165, 1.54) is 12.8 Å². The normalized spacial score (nSPS) is 13.6. The van der Waals surface area contributed by atoms with Gasteiger partial charge in [0.2, 0.25) is 0 Å². The van der Waals surface area contributed by atoms with Gasteiger partial charge in [0.05, 0.1) is 37.0 Å². The number of hydrogen-bond donors (Lipinski definition) is 0. The second-order valence-corrected chi connectivity index (χ2v) is 8.11. The van der Waals surface area contributed by atoms with E-state index in [-0.39, 0.29) is 5.78 Å². The van der Waals surface area contributed by atoms with E-state index in [1.807, 2.05) is 31.4 Å². The van der Waals surface area contributed by atoms with Crippen molar-refractivity contribution in [3.05, 3.63) is 59.9 Å². The van der Waals surface area contributed by atoms with E-state index in [4.69, 9.17) is 4.74 Å². The Balaban J connectivity index is 1.39. The lowest BCUT2D eigenvalue weighted by atomic mass is 10.0. The summed E-state index contributed by atoms with van der Waals surface area (Å²) in [5.74, 6) is 2.17. The minimum atomic E-state index is 0.147. The first kappa shape index (κ1) is 19.4. The Labute approximate surface area is 179 Å². The lowest BCUT2D eigenvalue weighted by Gasteiger charge is -2.09. The zero-order valence-corrected chi connectivity index (χ0v) is 17.7. The number of ketones is 1. The fourth-order valence-corrected chi connectivity index (χ4v) is 3.82. The predicted molar refractivity (Wildman–Crippen MR) is 115 cm³/mol. The molecule has 3 heterocycles. The van der Waals surface area contributed by atoms with Gasteiger partial charge < -0.3 is 4.74 Å². The van der Waals surface area contributed by atoms with Crippen LogP contribution in [0.5, 0.6) is 5.75 Å². The van der Waals surface area contributed by atoms with Crippen LogP contribution in [0, 0.1) is 5.92 Å². The number of hydrogen-bond acceptors (Lipinski definition) is 6. The average molecular weight is 416 g/mol. The first-order chi connectivity index (χ1) is 15.1. The van der Waals surface area contributed by atoms with E-state index in [9.17, 15) is 4.79 Å². The highest BCUT2D eigenvalue weighted by atomic mass is 16.5. The number of benzene rings is 1. The van der Waals surface area contributed by atoms with Crippen LogP contribution in [0.1, 0.15) is 47.4 Å². The molecular formula is C23H24N6O2. The molecule has 0 unspecified atom stereocenters. The van der Waals surface area contributed by atoms with Crippen molar-refractivity contribution in [3.8, 4) is 17.0 Å². The van der Waals surface area contributed by atoms with E-state index >= 15 is 0 Å². The van der Waals surface area contributed by atoms with Gasteiger partial charge in [0.15, 0.2) is 17.3 Å². The van der Waals surface area contributed by atoms with E-state index in [2.05, 4.69) is 20.2 Å². The Morgan fingerprint density at radius 2 is 2.10 bits per heavy atom. The average Bonchev–Trinajstić information content (AvgIpc) is 3.36. The molecule has 1 aliphatic carbocycles. The number of aryl methyl sites for hydroxylation is 1. The second-order valence-electron chi connectivity index (χ2n) is 8.11. The van der Waals surface area contributed by atoms with Gasteiger partial charge in [0.25, 0.3) is 0 Å². The molecule has 0 N–H and O–H groups in total. The Morgan fingerprint density at radius 3 is 2.84 bits per heavy atom. The van der Waals surface area contributed by atoms with E-state index < -0.39 is 0 Å². The van der Waals surface area contributed by atoms with E-state index in [1.54, 1.807) is 34.9 Å². The maximum Gasteiger partial charge on any atom is 0.174 e. The van der Waals surface area contributed by atoms with Crippen LogP contribution >= 0.6 is 0 Å². The smallest absolute Gasteiger partial charge is 0.174 e. The number of rotatable bonds is 8. The number of aromatic nitrogens is 6. The minimum absolute atomic E-state index is 0.147. The van der Waals surface area contributed by atoms with Crippen molar-refractivity contribution in [2.45, 2.75) is 32.1 Å². The first-order valence-corrected chi connectivity index (χ1v) is 10.5. The van der Waals surface area contributed by atoms with Crippen molar-refractivity contribution in [2.75, 3.05) is 7.11 Å². The fourth-order valence-electron chi connectivity index (χ4n) is 3.82. The quantitative estimate of drug-likeness (QED) is 0.409. The Hall–Kier alpha value is -3.55. The van der Waals surface area contributed by atoms with Gasteiger partial charge in [-0.3, -0.25) is 14.5 Å². The SMILES string of the molecule is COc1cc(Cc2nc3cncc(-c4cnn(C)c4)n3n2)ccc1C(=O)CCC1CC1. The van der Waals surface area contributed by atoms with Crippen molar-refractivity contribution in [3.63, 3.8) is 0 Å². The third kappa shape index (κ3) is 4.05. The predicted octanol–water partition coefficient (Wildman–Crippen LogP) is 3.50. The van der Waals surface area contributed by atoms with Crippen LogP contribution in [0.15, 0.2) is 43.0 Å². The number of nitrogens with zero attached hydrogens (tertiary/aromatic N) is 6. The second kappa shape index (κ2) is 7.94. The summed E-state index contributed by atoms with van der Waals surface area (Å²) in [4.78, 5) is 21.5. The molecule has 0 aliphatic heterocycles. The number of methoxy groups -OCH3 is 1. The molecule has 3 aromatic heterocycles. The van der Waals surface area contributed by atoms with Gasteiger partial charge in [-0.1, -0.05) is 18.9 Å². The molecule has 158 valence electrons. The molecule has 1 aromatic carbocycles. The van der Waals surface area contributed by atoms with Gasteiger partial charge in [0, 0.05) is 31.6 Å². The lowest BCUT2D eigenvalue weighted by Crippen LogP contribution is -2.04. The number of fused-ring (bicyclic) bond motifs is 1. The van der Waals surface area contributed by atoms with E-state index in [0.717, 1.165) is 29.2 Å². The third-order valence-electron chi connectivity index (χ3n) is 5.70. The molecular weight excluding hydrogens is 392 g/mol. The monoisotopic (exact) mass is 416 g/mol. The fraction of sp³-hybridized carbons (Fsp3) is 0.348. The highest BCUT2D eigenvalue weighted by molar-refractivity contribution is 5.98. The molecule has 4 aromatic rings. The molecule has 0 bridgehead atoms. The lowest BCUT2D eigenvalue weighted by molar-refractivity contribution is 0.0975. The van der Waals surface area contributed by atoms with Crippen LogP contribution < -0.4 is 4.74 Å². The topological polar surface area (TPSA) is 87.2 Å². The van der Waals surface area contributed by atoms with Crippen molar-refractivity contribution >= 4 is 11.4 Å². The molecule has 1 saturated carbocycles. The van der Waals surface area contributed by atoms with Gasteiger partial charge in [-0.2, -0.15) is 10.2 Å². The number of Topliss-reactive ketones (excluding diaryl/α,β-unsaturated/α-hetero) is 1. The molecule has 1 fully saturated rings. The van der Waals surface area contributed by atoms with Gasteiger partial charge in [-0.25, -0.2) is 9.50 Å². The molecule has 0 radical (unpaired) electrons. The van der Waals surface area contributed by atoms with Crippen LogP contribution in [0.4, 0.5) is 0 Å². The van der Waals surface area contributed by atoms with Crippen LogP contribution in [0.3, 0.4) is 0 Å². The minimum Gasteiger partial charge on any atom is -0.496 e. The molecule has 0 saturated heterocycles. The molecule has 0 atom stereocenters. The highest BCUT2D eigenvalue weighted by Gasteiger charge is 2.23. The molecule has 0 amide bonds. The summed E-state index contributed by atoms with van der Waals surface area (Å²) >= 11 is 0. The van der Waals surface area contributed by atoms with Gasteiger partial charge in [0.1, 0.15) is 5.75 Å². The summed E-state index contributed by atoms with van der Waals surface area (Å²) in [6, 6.07) is 5.73. The largest absolute Gasteiger partial charge is 0.496 e. The zero-order valence-electron chi connectivity index (χ0n) is 17.7. The molecule has 0 spiro atoms. The van der Waals surface area contributed by atoms with Crippen molar-refractivity contribution in [1.82, 2.24) is 29.4 Å². The molecule has 8 nitrogen and oxygen atoms in total. The molecule has 31 heavy (non-hydrogen) atoms. The maximum atomic E-state index is 12.6. The Morgan fingerprint density at radius 1 is 1.23 bits per heavy atom. The first-order valence-electron chi connectivity index (χ1n) is 10.5. The van der Waals surface area contributed by atoms with E-state index in [0.29, 0.717) is 35.6 Å². The summed E-state index contributed by atoms with van der Waals surface area (Å²) in [5.41, 5.74) is 4.07. The Kier molecular flexibility index (Phi) is 4.97. The maximum absolute atomic E-state index is 12.6. The molecule has 8 heteroatoms. The van der Waals surface area contributed by atoms with Gasteiger partial charge >= 0.3 is 0 Å². The summed E-state index contributed by atoms with van der Waals surface area (Å²) in [7, 11) is 3.48. The number of ether oxygens (including phenoxy) is 1. The standard InChI is InChI=1S/C23H24N6O2/c1-28-14-17(11-25-28)19-12-24-13-23-26-22(27-29(19)23)10-16-5-7-18(21(9-16)31-2)20(30)8-6-15-3-4-15/h5,7,9,11-15H,3-4,6,8,10H2,1-2H3. The highest BCUT2D eigenvalue weighted by Crippen LogP contribution is 2.34. The summed E-state index contributed by atoms with van der Waals surface area (Å²) in [5, 5.41) is 8.91. The van der Waals surface area contributed by atoms with Gasteiger partial charge in [-0.15, -0.1) is 0 Å².